The second kappa shape index (κ2) is 41.1. The highest BCUT2D eigenvalue weighted by Gasteiger charge is 2.27. The molecule has 0 fully saturated rings. The molecule has 0 rings (SSSR count). The fraction of sp³-hybridized carbons (Fsp3) is 0.857. The summed E-state index contributed by atoms with van der Waals surface area (Å²) < 4.78 is 32.3. The third-order valence-corrected chi connectivity index (χ3v) is 9.88. The summed E-state index contributed by atoms with van der Waals surface area (Å²) >= 11 is 0. The zero-order valence-electron chi connectivity index (χ0n) is 42.2. The molecule has 18 nitrogen and oxygen atoms in total. The van der Waals surface area contributed by atoms with Gasteiger partial charge in [-0.15, -0.1) is 0 Å². The Bertz CT molecular complexity index is 1350. The molecule has 390 valence electrons. The minimum Gasteiger partial charge on any atom is -0.481 e. The van der Waals surface area contributed by atoms with Crippen LogP contribution in [-0.4, -0.2) is 136 Å². The lowest BCUT2D eigenvalue weighted by molar-refractivity contribution is -0.159. The first kappa shape index (κ1) is 63.1. The maximum Gasteiger partial charge on any atom is 0.329 e. The van der Waals surface area contributed by atoms with Crippen LogP contribution in [0.5, 0.6) is 0 Å². The van der Waals surface area contributed by atoms with Crippen LogP contribution in [0.15, 0.2) is 0 Å². The lowest BCUT2D eigenvalue weighted by Gasteiger charge is -2.24. The molecule has 0 aromatic rings. The van der Waals surface area contributed by atoms with Crippen molar-refractivity contribution in [1.29, 1.82) is 0 Å². The number of carbonyl (C=O) groups excluding carboxylic acids is 6. The number of amides is 4. The van der Waals surface area contributed by atoms with Gasteiger partial charge in [0.15, 0.2) is 0 Å². The molecule has 0 heterocycles. The van der Waals surface area contributed by atoms with Crippen LogP contribution in [0.25, 0.3) is 0 Å². The van der Waals surface area contributed by atoms with Gasteiger partial charge < -0.3 is 54.8 Å². The van der Waals surface area contributed by atoms with Crippen LogP contribution < -0.4 is 21.3 Å². The molecule has 1 atom stereocenters. The average Bonchev–Trinajstić information content (AvgIpc) is 3.23. The molecule has 67 heavy (non-hydrogen) atoms. The second-order valence-electron chi connectivity index (χ2n) is 18.8. The van der Waals surface area contributed by atoms with Gasteiger partial charge in [0.2, 0.25) is 23.6 Å². The highest BCUT2D eigenvalue weighted by molar-refractivity contribution is 5.85. The monoisotopic (exact) mass is 959 g/mol. The largest absolute Gasteiger partial charge is 0.481 e. The van der Waals surface area contributed by atoms with E-state index in [0.717, 1.165) is 44.9 Å². The third-order valence-electron chi connectivity index (χ3n) is 9.88. The highest BCUT2D eigenvalue weighted by Crippen LogP contribution is 2.16. The summed E-state index contributed by atoms with van der Waals surface area (Å²) in [5, 5.41) is 19.5. The molecule has 0 aliphatic rings. The number of unbranched alkanes of at least 4 members (excludes halogenated alkanes) is 15. The molecule has 5 N–H and O–H groups in total. The molecular formula is C49H90N4O14. The first-order chi connectivity index (χ1) is 31.9. The summed E-state index contributed by atoms with van der Waals surface area (Å²) in [6.07, 6.45) is 18.7. The summed E-state index contributed by atoms with van der Waals surface area (Å²) in [6, 6.07) is -0.937. The first-order valence-electron chi connectivity index (χ1n) is 24.9. The summed E-state index contributed by atoms with van der Waals surface area (Å²) in [5.74, 6) is -2.59. The molecule has 18 heteroatoms. The van der Waals surface area contributed by atoms with Crippen LogP contribution in [0.1, 0.15) is 183 Å². The van der Waals surface area contributed by atoms with E-state index in [1.165, 1.54) is 51.4 Å². The summed E-state index contributed by atoms with van der Waals surface area (Å²) in [4.78, 5) is 84.2. The Morgan fingerprint density at radius 1 is 0.418 bits per heavy atom. The number of esters is 2. The van der Waals surface area contributed by atoms with E-state index in [9.17, 15) is 33.6 Å². The Morgan fingerprint density at radius 2 is 0.821 bits per heavy atom. The smallest absolute Gasteiger partial charge is 0.329 e. The minimum absolute atomic E-state index is 0.0121. The van der Waals surface area contributed by atoms with E-state index < -0.39 is 29.2 Å². The molecule has 0 unspecified atom stereocenters. The van der Waals surface area contributed by atoms with E-state index in [2.05, 4.69) is 21.3 Å². The normalized spacial score (nSPS) is 12.0. The van der Waals surface area contributed by atoms with E-state index >= 15 is 0 Å². The number of nitrogens with one attached hydrogen (secondary N) is 4. The molecule has 0 aliphatic heterocycles. The van der Waals surface area contributed by atoms with Gasteiger partial charge in [-0.25, -0.2) is 4.79 Å². The van der Waals surface area contributed by atoms with Gasteiger partial charge in [-0.3, -0.25) is 28.8 Å². The van der Waals surface area contributed by atoms with E-state index in [0.29, 0.717) is 32.2 Å². The van der Waals surface area contributed by atoms with Crippen LogP contribution in [0.2, 0.25) is 0 Å². The molecule has 0 bridgehead atoms. The molecule has 0 saturated heterocycles. The van der Waals surface area contributed by atoms with Crippen molar-refractivity contribution in [2.45, 2.75) is 200 Å². The summed E-state index contributed by atoms with van der Waals surface area (Å²) in [6.45, 7) is 13.0. The predicted molar refractivity (Wildman–Crippen MR) is 255 cm³/mol. The van der Waals surface area contributed by atoms with Crippen molar-refractivity contribution in [3.05, 3.63) is 0 Å². The van der Waals surface area contributed by atoms with Gasteiger partial charge in [0.1, 0.15) is 30.5 Å². The molecule has 4 amide bonds. The number of carbonyl (C=O) groups is 7. The zero-order valence-corrected chi connectivity index (χ0v) is 42.2. The van der Waals surface area contributed by atoms with Crippen LogP contribution in [0, 0.1) is 0 Å². The van der Waals surface area contributed by atoms with Gasteiger partial charge in [-0.1, -0.05) is 83.5 Å². The SMILES string of the molecule is CC(C)(C)OC(=O)CCCCCCCCCCCCCCCCC(=O)N[C@@H](CCC(=O)NCCOCCOCC(=O)NCCOCCOCC(=O)NCCCCCC(=O)O)C(=O)OC(C)(C)C. The number of hydrogen-bond acceptors (Lipinski definition) is 13. The Labute approximate surface area is 401 Å². The lowest BCUT2D eigenvalue weighted by Crippen LogP contribution is -2.44. The Kier molecular flexibility index (Phi) is 38.8. The highest BCUT2D eigenvalue weighted by atomic mass is 16.6. The van der Waals surface area contributed by atoms with Crippen molar-refractivity contribution in [1.82, 2.24) is 21.3 Å². The van der Waals surface area contributed by atoms with E-state index in [1.807, 2.05) is 20.8 Å². The van der Waals surface area contributed by atoms with Crippen molar-refractivity contribution in [2.75, 3.05) is 72.5 Å². The average molecular weight is 959 g/mol. The van der Waals surface area contributed by atoms with Gasteiger partial charge in [0.25, 0.3) is 0 Å². The maximum atomic E-state index is 12.9. The third kappa shape index (κ3) is 47.0. The predicted octanol–water partition coefficient (Wildman–Crippen LogP) is 6.24. The van der Waals surface area contributed by atoms with Crippen LogP contribution in [0.3, 0.4) is 0 Å². The van der Waals surface area contributed by atoms with Crippen molar-refractivity contribution >= 4 is 41.5 Å². The van der Waals surface area contributed by atoms with Gasteiger partial charge >= 0.3 is 17.9 Å². The van der Waals surface area contributed by atoms with Gasteiger partial charge in [0, 0.05) is 45.3 Å². The molecule has 0 aromatic carbocycles. The molecule has 0 saturated carbocycles. The Hall–Kier alpha value is -3.87. The van der Waals surface area contributed by atoms with Crippen LogP contribution in [-0.2, 0) is 62.0 Å². The first-order valence-corrected chi connectivity index (χ1v) is 24.9. The number of hydrogen-bond donors (Lipinski definition) is 5. The summed E-state index contributed by atoms with van der Waals surface area (Å²) in [7, 11) is 0. The topological polar surface area (TPSA) is 243 Å². The van der Waals surface area contributed by atoms with Gasteiger partial charge in [-0.05, 0) is 73.6 Å². The number of ether oxygens (including phenoxy) is 6. The van der Waals surface area contributed by atoms with Crippen molar-refractivity contribution < 1.29 is 67.1 Å². The van der Waals surface area contributed by atoms with Crippen molar-refractivity contribution in [3.8, 4) is 0 Å². The van der Waals surface area contributed by atoms with Crippen molar-refractivity contribution in [3.63, 3.8) is 0 Å². The standard InChI is InChI=1S/C49H90N4O14/c1-48(2,3)66-46(60)26-22-18-16-14-12-10-8-7-9-11-13-15-17-20-24-42(55)53-40(47(61)67-49(4,5)6)27-28-41(54)51-30-32-62-34-37-65-39-44(57)52-31-33-63-35-36-64-38-43(56)50-29-23-19-21-25-45(58)59/h40H,7-39H2,1-6H3,(H,50,56)(H,51,54)(H,52,57)(H,53,55)(H,58,59)/t40-/m0/s1. The van der Waals surface area contributed by atoms with Crippen LogP contribution in [0.4, 0.5) is 0 Å². The fourth-order valence-electron chi connectivity index (χ4n) is 6.52. The van der Waals surface area contributed by atoms with E-state index in [1.54, 1.807) is 20.8 Å². The summed E-state index contributed by atoms with van der Waals surface area (Å²) in [5.41, 5.74) is -1.16. The molecular weight excluding hydrogens is 869 g/mol. The molecule has 0 aromatic heterocycles. The number of carboxylic acid groups (broad SMARTS) is 1. The fourth-order valence-corrected chi connectivity index (χ4v) is 6.52. The number of rotatable bonds is 44. The van der Waals surface area contributed by atoms with Crippen LogP contribution >= 0.6 is 0 Å². The van der Waals surface area contributed by atoms with Crippen molar-refractivity contribution in [2.24, 2.45) is 0 Å². The molecule has 0 aliphatic carbocycles. The molecule has 0 radical (unpaired) electrons. The van der Waals surface area contributed by atoms with Gasteiger partial charge in [0.05, 0.1) is 39.6 Å². The minimum atomic E-state index is -0.937. The molecule has 0 spiro atoms. The number of aliphatic carboxylic acids is 1. The second-order valence-corrected chi connectivity index (χ2v) is 18.8. The number of carboxylic acids is 1. The zero-order chi connectivity index (χ0) is 50.0. The maximum absolute atomic E-state index is 12.9. The Balaban J connectivity index is 3.94. The van der Waals surface area contributed by atoms with E-state index in [-0.39, 0.29) is 115 Å². The quantitative estimate of drug-likeness (QED) is 0.0336. The lowest BCUT2D eigenvalue weighted by atomic mass is 10.0. The van der Waals surface area contributed by atoms with Gasteiger partial charge in [-0.2, -0.15) is 0 Å². The Morgan fingerprint density at radius 3 is 1.30 bits per heavy atom. The van der Waals surface area contributed by atoms with E-state index in [4.69, 9.17) is 33.5 Å².